The van der Waals surface area contributed by atoms with Gasteiger partial charge >= 0.3 is 11.9 Å². The standard InChI is InChI=1S/C15H14F3N3O2S/c1-4-11(8(2)5-10-6-9(3)20-24-10)21-13(22)7-12(15(16,17)18)19-14(21)23/h4-7H,1-3H3,(H,19,23)/b8-5-,11-4+. The lowest BCUT2D eigenvalue weighted by Crippen LogP contribution is -2.36. The third-order valence-electron chi connectivity index (χ3n) is 3.16. The zero-order valence-corrected chi connectivity index (χ0v) is 13.9. The molecule has 0 aliphatic carbocycles. The van der Waals surface area contributed by atoms with Crippen LogP contribution in [0.5, 0.6) is 0 Å². The lowest BCUT2D eigenvalue weighted by molar-refractivity contribution is -0.141. The highest BCUT2D eigenvalue weighted by Gasteiger charge is 2.33. The molecule has 0 aliphatic rings. The second kappa shape index (κ2) is 6.60. The largest absolute Gasteiger partial charge is 0.431 e. The maximum absolute atomic E-state index is 12.7. The number of H-pyrrole nitrogens is 1. The highest BCUT2D eigenvalue weighted by atomic mass is 32.1. The summed E-state index contributed by atoms with van der Waals surface area (Å²) in [4.78, 5) is 26.5. The van der Waals surface area contributed by atoms with Gasteiger partial charge in [-0.25, -0.2) is 9.36 Å². The van der Waals surface area contributed by atoms with Crippen molar-refractivity contribution in [2.75, 3.05) is 0 Å². The fraction of sp³-hybridized carbons (Fsp3) is 0.267. The first-order valence-corrected chi connectivity index (χ1v) is 7.63. The molecule has 0 atom stereocenters. The minimum absolute atomic E-state index is 0.209. The van der Waals surface area contributed by atoms with Crippen LogP contribution in [0.1, 0.15) is 30.1 Å². The molecule has 1 N–H and O–H groups in total. The third kappa shape index (κ3) is 3.73. The number of aromatic nitrogens is 3. The van der Waals surface area contributed by atoms with Crippen LogP contribution in [-0.4, -0.2) is 13.9 Å². The van der Waals surface area contributed by atoms with Gasteiger partial charge in [-0.15, -0.1) is 0 Å². The number of halogens is 3. The van der Waals surface area contributed by atoms with E-state index in [1.54, 1.807) is 24.9 Å². The van der Waals surface area contributed by atoms with E-state index < -0.39 is 23.1 Å². The predicted octanol–water partition coefficient (Wildman–Crippen LogP) is 3.28. The molecule has 9 heteroatoms. The summed E-state index contributed by atoms with van der Waals surface area (Å²) in [6, 6.07) is 2.19. The Kier molecular flexibility index (Phi) is 4.93. The van der Waals surface area contributed by atoms with E-state index in [0.717, 1.165) is 10.6 Å². The zero-order valence-electron chi connectivity index (χ0n) is 13.1. The Labute approximate surface area is 138 Å². The van der Waals surface area contributed by atoms with Crippen LogP contribution in [0, 0.1) is 6.92 Å². The maximum atomic E-state index is 12.7. The van der Waals surface area contributed by atoms with Crippen LogP contribution < -0.4 is 11.2 Å². The number of nitrogens with zero attached hydrogens (tertiary/aromatic N) is 2. The first-order chi connectivity index (χ1) is 11.1. The van der Waals surface area contributed by atoms with E-state index in [9.17, 15) is 22.8 Å². The Bertz CT molecular complexity index is 901. The minimum atomic E-state index is -4.79. The van der Waals surface area contributed by atoms with E-state index in [4.69, 9.17) is 0 Å². The highest BCUT2D eigenvalue weighted by molar-refractivity contribution is 7.06. The topological polar surface area (TPSA) is 67.8 Å². The molecule has 0 saturated heterocycles. The second-order valence-corrected chi connectivity index (χ2v) is 5.87. The van der Waals surface area contributed by atoms with Crippen molar-refractivity contribution in [3.63, 3.8) is 0 Å². The summed E-state index contributed by atoms with van der Waals surface area (Å²) in [6.45, 7) is 5.08. The average molecular weight is 357 g/mol. The molecule has 2 heterocycles. The summed E-state index contributed by atoms with van der Waals surface area (Å²) < 4.78 is 42.8. The Morgan fingerprint density at radius 1 is 1.33 bits per heavy atom. The van der Waals surface area contributed by atoms with Crippen molar-refractivity contribution in [3.05, 3.63) is 60.9 Å². The van der Waals surface area contributed by atoms with Crippen LogP contribution in [0.15, 0.2) is 33.4 Å². The summed E-state index contributed by atoms with van der Waals surface area (Å²) in [7, 11) is 0. The Morgan fingerprint density at radius 3 is 2.46 bits per heavy atom. The van der Waals surface area contributed by atoms with Gasteiger partial charge < -0.3 is 4.98 Å². The molecule has 0 spiro atoms. The average Bonchev–Trinajstić information content (AvgIpc) is 2.86. The number of hydrogen-bond acceptors (Lipinski definition) is 4. The minimum Gasteiger partial charge on any atom is -0.303 e. The molecule has 24 heavy (non-hydrogen) atoms. The quantitative estimate of drug-likeness (QED) is 0.857. The SMILES string of the molecule is C/C=C(\C(C)=C/c1cc(C)ns1)n1c(=O)cc(C(F)(F)F)[nH]c1=O. The Morgan fingerprint density at radius 2 is 2.00 bits per heavy atom. The van der Waals surface area contributed by atoms with Crippen LogP contribution in [0.25, 0.3) is 11.8 Å². The van der Waals surface area contributed by atoms with Gasteiger partial charge in [0.1, 0.15) is 5.69 Å². The van der Waals surface area contributed by atoms with Crippen molar-refractivity contribution in [1.82, 2.24) is 13.9 Å². The van der Waals surface area contributed by atoms with Crippen LogP contribution in [-0.2, 0) is 6.18 Å². The monoisotopic (exact) mass is 357 g/mol. The van der Waals surface area contributed by atoms with Crippen molar-refractivity contribution in [2.45, 2.75) is 26.9 Å². The first kappa shape index (κ1) is 17.9. The van der Waals surface area contributed by atoms with Gasteiger partial charge in [0.25, 0.3) is 5.56 Å². The second-order valence-electron chi connectivity index (χ2n) is 5.03. The first-order valence-electron chi connectivity index (χ1n) is 6.85. The number of alkyl halides is 3. The van der Waals surface area contributed by atoms with E-state index in [-0.39, 0.29) is 5.70 Å². The van der Waals surface area contributed by atoms with Crippen LogP contribution in [0.3, 0.4) is 0 Å². The van der Waals surface area contributed by atoms with Crippen LogP contribution in [0.2, 0.25) is 0 Å². The van der Waals surface area contributed by atoms with Gasteiger partial charge in [-0.1, -0.05) is 6.08 Å². The summed E-state index contributed by atoms with van der Waals surface area (Å²) in [5.41, 5.74) is -1.98. The zero-order chi connectivity index (χ0) is 18.1. The molecule has 0 aromatic carbocycles. The molecule has 2 rings (SSSR count). The van der Waals surface area contributed by atoms with Gasteiger partial charge in [0.2, 0.25) is 0 Å². The molecule has 2 aromatic heterocycles. The lowest BCUT2D eigenvalue weighted by atomic mass is 10.1. The number of aromatic amines is 1. The molecule has 0 fully saturated rings. The molecule has 2 aromatic rings. The number of rotatable bonds is 3. The summed E-state index contributed by atoms with van der Waals surface area (Å²) in [5, 5.41) is 0. The molecule has 128 valence electrons. The fourth-order valence-corrected chi connectivity index (χ4v) is 2.90. The maximum Gasteiger partial charge on any atom is 0.431 e. The molecule has 0 bridgehead atoms. The van der Waals surface area contributed by atoms with Crippen LogP contribution in [0.4, 0.5) is 13.2 Å². The highest BCUT2D eigenvalue weighted by Crippen LogP contribution is 2.26. The van der Waals surface area contributed by atoms with Gasteiger partial charge in [-0.3, -0.25) is 4.79 Å². The van der Waals surface area contributed by atoms with Crippen molar-refractivity contribution >= 4 is 23.3 Å². The molecule has 0 amide bonds. The predicted molar refractivity (Wildman–Crippen MR) is 86.8 cm³/mol. The molecule has 5 nitrogen and oxygen atoms in total. The molecular weight excluding hydrogens is 343 g/mol. The van der Waals surface area contributed by atoms with Gasteiger partial charge in [0.15, 0.2) is 0 Å². The van der Waals surface area contributed by atoms with E-state index in [2.05, 4.69) is 4.37 Å². The normalized spacial score (nSPS) is 13.4. The van der Waals surface area contributed by atoms with E-state index in [1.165, 1.54) is 17.6 Å². The Hall–Kier alpha value is -2.42. The fourth-order valence-electron chi connectivity index (χ4n) is 2.15. The van der Waals surface area contributed by atoms with E-state index in [0.29, 0.717) is 16.2 Å². The molecule has 0 saturated carbocycles. The summed E-state index contributed by atoms with van der Waals surface area (Å²) >= 11 is 1.24. The number of aryl methyl sites for hydroxylation is 1. The van der Waals surface area contributed by atoms with Gasteiger partial charge in [-0.2, -0.15) is 17.5 Å². The number of nitrogens with one attached hydrogen (secondary N) is 1. The number of allylic oxidation sites excluding steroid dienone is 3. The van der Waals surface area contributed by atoms with E-state index >= 15 is 0 Å². The van der Waals surface area contributed by atoms with Gasteiger partial charge in [0.05, 0.1) is 11.4 Å². The van der Waals surface area contributed by atoms with Crippen molar-refractivity contribution in [3.8, 4) is 0 Å². The number of hydrogen-bond donors (Lipinski definition) is 1. The smallest absolute Gasteiger partial charge is 0.303 e. The molecule has 0 radical (unpaired) electrons. The lowest BCUT2D eigenvalue weighted by Gasteiger charge is -2.12. The molecule has 0 aliphatic heterocycles. The Balaban J connectivity index is 2.55. The van der Waals surface area contributed by atoms with E-state index in [1.807, 2.05) is 13.0 Å². The summed E-state index contributed by atoms with van der Waals surface area (Å²) in [6.07, 6.45) is -1.59. The van der Waals surface area contributed by atoms with Crippen molar-refractivity contribution < 1.29 is 13.2 Å². The summed E-state index contributed by atoms with van der Waals surface area (Å²) in [5.74, 6) is 0. The van der Waals surface area contributed by atoms with Gasteiger partial charge in [-0.05, 0) is 50.0 Å². The third-order valence-corrected chi connectivity index (χ3v) is 3.99. The van der Waals surface area contributed by atoms with Crippen molar-refractivity contribution in [1.29, 1.82) is 0 Å². The molecular formula is C15H14F3N3O2S. The van der Waals surface area contributed by atoms with Crippen molar-refractivity contribution in [2.24, 2.45) is 0 Å². The molecule has 0 unspecified atom stereocenters. The van der Waals surface area contributed by atoms with Crippen LogP contribution >= 0.6 is 11.5 Å². The van der Waals surface area contributed by atoms with Gasteiger partial charge in [0, 0.05) is 10.9 Å².